The SMILES string of the molecule is CCOc1ccc(C(=O)Oc2ccc(Br)cc2C=NNS(=O)(=O)c2ccccc2)cc1. The molecule has 3 rings (SSSR count). The van der Waals surface area contributed by atoms with Crippen molar-refractivity contribution in [3.8, 4) is 11.5 Å². The maximum Gasteiger partial charge on any atom is 0.343 e. The molecule has 0 aliphatic heterocycles. The van der Waals surface area contributed by atoms with Crippen LogP contribution in [0.1, 0.15) is 22.8 Å². The number of halogens is 1. The summed E-state index contributed by atoms with van der Waals surface area (Å²) in [6.45, 7) is 2.40. The molecule has 160 valence electrons. The highest BCUT2D eigenvalue weighted by Gasteiger charge is 2.14. The Hall–Kier alpha value is -3.17. The van der Waals surface area contributed by atoms with E-state index >= 15 is 0 Å². The van der Waals surface area contributed by atoms with Crippen molar-refractivity contribution in [2.45, 2.75) is 11.8 Å². The molecule has 0 aliphatic carbocycles. The Morgan fingerprint density at radius 2 is 1.77 bits per heavy atom. The zero-order valence-electron chi connectivity index (χ0n) is 16.5. The van der Waals surface area contributed by atoms with Crippen molar-refractivity contribution < 1.29 is 22.7 Å². The first-order chi connectivity index (χ1) is 14.9. The molecule has 3 aromatic rings. The molecule has 0 fully saturated rings. The molecule has 31 heavy (non-hydrogen) atoms. The van der Waals surface area contributed by atoms with Crippen molar-refractivity contribution >= 4 is 38.1 Å². The first kappa shape index (κ1) is 22.5. The third-order valence-electron chi connectivity index (χ3n) is 4.01. The number of carbonyl (C=O) groups is 1. The van der Waals surface area contributed by atoms with E-state index in [1.165, 1.54) is 18.3 Å². The summed E-state index contributed by atoms with van der Waals surface area (Å²) in [6, 6.07) is 19.4. The predicted molar refractivity (Wildman–Crippen MR) is 121 cm³/mol. The van der Waals surface area contributed by atoms with Gasteiger partial charge in [0.1, 0.15) is 11.5 Å². The van der Waals surface area contributed by atoms with E-state index in [0.717, 1.165) is 0 Å². The normalized spacial score (nSPS) is 11.3. The minimum absolute atomic E-state index is 0.0866. The van der Waals surface area contributed by atoms with E-state index < -0.39 is 16.0 Å². The topological polar surface area (TPSA) is 94.1 Å². The molecule has 3 aromatic carbocycles. The van der Waals surface area contributed by atoms with Gasteiger partial charge in [0.25, 0.3) is 10.0 Å². The van der Waals surface area contributed by atoms with Crippen LogP contribution < -0.4 is 14.3 Å². The molecule has 0 spiro atoms. The van der Waals surface area contributed by atoms with Gasteiger partial charge in [-0.15, -0.1) is 0 Å². The van der Waals surface area contributed by atoms with Crippen molar-refractivity contribution in [2.75, 3.05) is 6.61 Å². The van der Waals surface area contributed by atoms with Crippen molar-refractivity contribution in [1.29, 1.82) is 0 Å². The minimum Gasteiger partial charge on any atom is -0.494 e. The molecular weight excluding hydrogens is 484 g/mol. The van der Waals surface area contributed by atoms with E-state index in [4.69, 9.17) is 9.47 Å². The summed E-state index contributed by atoms with van der Waals surface area (Å²) in [7, 11) is -3.81. The second kappa shape index (κ2) is 10.2. The van der Waals surface area contributed by atoms with Crippen LogP contribution in [-0.2, 0) is 10.0 Å². The van der Waals surface area contributed by atoms with Crippen LogP contribution in [0.25, 0.3) is 0 Å². The number of hydrogen-bond acceptors (Lipinski definition) is 6. The van der Waals surface area contributed by atoms with Gasteiger partial charge in [0, 0.05) is 10.0 Å². The largest absolute Gasteiger partial charge is 0.494 e. The molecule has 0 bridgehead atoms. The molecule has 9 heteroatoms. The molecule has 0 saturated heterocycles. The van der Waals surface area contributed by atoms with Crippen LogP contribution in [0.4, 0.5) is 0 Å². The highest BCUT2D eigenvalue weighted by Crippen LogP contribution is 2.23. The number of esters is 1. The van der Waals surface area contributed by atoms with Crippen LogP contribution >= 0.6 is 15.9 Å². The Morgan fingerprint density at radius 3 is 2.45 bits per heavy atom. The second-order valence-corrected chi connectivity index (χ2v) is 8.77. The van der Waals surface area contributed by atoms with Gasteiger partial charge in [-0.2, -0.15) is 13.5 Å². The van der Waals surface area contributed by atoms with Crippen molar-refractivity contribution in [2.24, 2.45) is 5.10 Å². The highest BCUT2D eigenvalue weighted by atomic mass is 79.9. The number of ether oxygens (including phenoxy) is 2. The van der Waals surface area contributed by atoms with E-state index in [1.807, 2.05) is 6.92 Å². The summed E-state index contributed by atoms with van der Waals surface area (Å²) in [6.07, 6.45) is 1.27. The van der Waals surface area contributed by atoms with Gasteiger partial charge in [-0.05, 0) is 61.5 Å². The zero-order valence-corrected chi connectivity index (χ0v) is 18.9. The minimum atomic E-state index is -3.81. The van der Waals surface area contributed by atoms with Gasteiger partial charge < -0.3 is 9.47 Å². The quantitative estimate of drug-likeness (QED) is 0.213. The summed E-state index contributed by atoms with van der Waals surface area (Å²) in [5.74, 6) is 0.316. The molecule has 0 aliphatic rings. The first-order valence-corrected chi connectivity index (χ1v) is 11.5. The molecule has 1 N–H and O–H groups in total. The number of sulfonamides is 1. The summed E-state index contributed by atoms with van der Waals surface area (Å²) in [5, 5.41) is 3.81. The molecule has 0 unspecified atom stereocenters. The average molecular weight is 503 g/mol. The fraction of sp³-hybridized carbons (Fsp3) is 0.0909. The van der Waals surface area contributed by atoms with Crippen LogP contribution in [0.3, 0.4) is 0 Å². The van der Waals surface area contributed by atoms with E-state index in [1.54, 1.807) is 60.7 Å². The zero-order chi connectivity index (χ0) is 22.3. The first-order valence-electron chi connectivity index (χ1n) is 9.23. The van der Waals surface area contributed by atoms with Crippen LogP contribution in [0.2, 0.25) is 0 Å². The third kappa shape index (κ3) is 6.16. The van der Waals surface area contributed by atoms with Crippen molar-refractivity contribution in [3.63, 3.8) is 0 Å². The number of carbonyl (C=O) groups excluding carboxylic acids is 1. The Balaban J connectivity index is 1.76. The lowest BCUT2D eigenvalue weighted by molar-refractivity contribution is 0.0734. The van der Waals surface area contributed by atoms with E-state index in [9.17, 15) is 13.2 Å². The average Bonchev–Trinajstić information content (AvgIpc) is 2.77. The van der Waals surface area contributed by atoms with Crippen molar-refractivity contribution in [3.05, 3.63) is 88.4 Å². The van der Waals surface area contributed by atoms with Crippen molar-refractivity contribution in [1.82, 2.24) is 4.83 Å². The number of rotatable bonds is 8. The van der Waals surface area contributed by atoms with Gasteiger partial charge in [0.15, 0.2) is 0 Å². The summed E-state index contributed by atoms with van der Waals surface area (Å²) in [4.78, 5) is 14.7. The molecule has 0 radical (unpaired) electrons. The molecular formula is C22H19BrN2O5S. The Kier molecular flexibility index (Phi) is 7.43. The summed E-state index contributed by atoms with van der Waals surface area (Å²) < 4.78 is 36.1. The number of hydrogen-bond donors (Lipinski definition) is 1. The molecule has 0 aromatic heterocycles. The lowest BCUT2D eigenvalue weighted by Crippen LogP contribution is -2.18. The van der Waals surface area contributed by atoms with Crippen LogP contribution in [-0.4, -0.2) is 27.2 Å². The Labute approximate surface area is 188 Å². The number of nitrogens with one attached hydrogen (secondary N) is 1. The summed E-state index contributed by atoms with van der Waals surface area (Å²) in [5.41, 5.74) is 0.753. The second-order valence-electron chi connectivity index (χ2n) is 6.20. The van der Waals surface area contributed by atoms with E-state index in [2.05, 4.69) is 25.9 Å². The monoisotopic (exact) mass is 502 g/mol. The third-order valence-corrected chi connectivity index (χ3v) is 5.74. The molecule has 0 amide bonds. The summed E-state index contributed by atoms with van der Waals surface area (Å²) >= 11 is 3.34. The van der Waals surface area contributed by atoms with E-state index in [0.29, 0.717) is 28.0 Å². The number of benzene rings is 3. The van der Waals surface area contributed by atoms with Gasteiger partial charge >= 0.3 is 5.97 Å². The Bertz CT molecular complexity index is 1180. The maximum atomic E-state index is 12.5. The van der Waals surface area contributed by atoms with Gasteiger partial charge in [0.05, 0.1) is 23.3 Å². The smallest absolute Gasteiger partial charge is 0.343 e. The van der Waals surface area contributed by atoms with E-state index in [-0.39, 0.29) is 10.6 Å². The highest BCUT2D eigenvalue weighted by molar-refractivity contribution is 9.10. The van der Waals surface area contributed by atoms with Gasteiger partial charge in [0.2, 0.25) is 0 Å². The molecule has 0 saturated carbocycles. The molecule has 0 atom stereocenters. The lowest BCUT2D eigenvalue weighted by atomic mass is 10.2. The fourth-order valence-electron chi connectivity index (χ4n) is 2.54. The van der Waals surface area contributed by atoms with Gasteiger partial charge in [-0.3, -0.25) is 0 Å². The lowest BCUT2D eigenvalue weighted by Gasteiger charge is -2.09. The molecule has 0 heterocycles. The fourth-order valence-corrected chi connectivity index (χ4v) is 3.73. The Morgan fingerprint density at radius 1 is 1.06 bits per heavy atom. The van der Waals surface area contributed by atoms with Crippen LogP contribution in [0.15, 0.2) is 87.3 Å². The van der Waals surface area contributed by atoms with Gasteiger partial charge in [-0.25, -0.2) is 9.63 Å². The number of nitrogens with zero attached hydrogens (tertiary/aromatic N) is 1. The molecule has 7 nitrogen and oxygen atoms in total. The van der Waals surface area contributed by atoms with Gasteiger partial charge in [-0.1, -0.05) is 34.1 Å². The standard InChI is InChI=1S/C22H19BrN2O5S/c1-2-29-19-11-8-16(9-12-19)22(26)30-21-13-10-18(23)14-17(21)15-24-25-31(27,28)20-6-4-3-5-7-20/h3-15,25H,2H2,1H3. The van der Waals surface area contributed by atoms with Crippen LogP contribution in [0.5, 0.6) is 11.5 Å². The number of hydrazone groups is 1. The maximum absolute atomic E-state index is 12.5. The predicted octanol–water partition coefficient (Wildman–Crippen LogP) is 4.38. The van der Waals surface area contributed by atoms with Crippen LogP contribution in [0, 0.1) is 0 Å².